The van der Waals surface area contributed by atoms with Crippen LogP contribution in [-0.2, 0) is 9.59 Å². The lowest BCUT2D eigenvalue weighted by atomic mass is 10.1. The molecule has 1 aliphatic rings. The number of benzene rings is 2. The van der Waals surface area contributed by atoms with Gasteiger partial charge in [0.05, 0.1) is 16.1 Å². The van der Waals surface area contributed by atoms with Gasteiger partial charge in [0.15, 0.2) is 5.13 Å². The van der Waals surface area contributed by atoms with Crippen molar-refractivity contribution < 1.29 is 9.59 Å². The zero-order valence-corrected chi connectivity index (χ0v) is 15.8. The Balaban J connectivity index is 1.48. The van der Waals surface area contributed by atoms with E-state index in [4.69, 9.17) is 0 Å². The standard InChI is InChI=1S/C19H17N3O2S2/c1-25-14-6-4-5-13(10-14)22-11-12(9-17(22)23)18(24)21-19-20-15-7-2-3-8-16(15)26-19/h2-8,10,12H,9,11H2,1H3,(H,20,21,24)/t12-/m0/s1. The molecule has 0 radical (unpaired) electrons. The number of nitrogens with zero attached hydrogens (tertiary/aromatic N) is 2. The molecule has 2 heterocycles. The molecule has 132 valence electrons. The normalized spacial score (nSPS) is 17.0. The summed E-state index contributed by atoms with van der Waals surface area (Å²) in [5.41, 5.74) is 1.71. The van der Waals surface area contributed by atoms with E-state index in [0.717, 1.165) is 20.8 Å². The molecule has 4 rings (SSSR count). The van der Waals surface area contributed by atoms with E-state index in [-0.39, 0.29) is 24.2 Å². The van der Waals surface area contributed by atoms with Crippen LogP contribution in [0.25, 0.3) is 10.2 Å². The molecule has 2 amide bonds. The topological polar surface area (TPSA) is 62.3 Å². The van der Waals surface area contributed by atoms with E-state index in [1.54, 1.807) is 16.7 Å². The number of hydrogen-bond acceptors (Lipinski definition) is 5. The number of anilines is 2. The van der Waals surface area contributed by atoms with Crippen molar-refractivity contribution in [3.8, 4) is 0 Å². The molecule has 1 atom stereocenters. The van der Waals surface area contributed by atoms with E-state index in [1.165, 1.54) is 11.3 Å². The predicted molar refractivity (Wildman–Crippen MR) is 107 cm³/mol. The van der Waals surface area contributed by atoms with Gasteiger partial charge < -0.3 is 10.2 Å². The Morgan fingerprint density at radius 2 is 2.12 bits per heavy atom. The number of carbonyl (C=O) groups is 2. The molecule has 1 N–H and O–H groups in total. The second-order valence-electron chi connectivity index (χ2n) is 6.08. The Bertz CT molecular complexity index is 953. The maximum Gasteiger partial charge on any atom is 0.231 e. The highest BCUT2D eigenvalue weighted by atomic mass is 32.2. The molecule has 1 aromatic heterocycles. The molecule has 1 saturated heterocycles. The number of para-hydroxylation sites is 1. The summed E-state index contributed by atoms with van der Waals surface area (Å²) in [7, 11) is 0. The zero-order valence-electron chi connectivity index (χ0n) is 14.1. The second-order valence-corrected chi connectivity index (χ2v) is 7.99. The van der Waals surface area contributed by atoms with Crippen LogP contribution in [0.15, 0.2) is 53.4 Å². The van der Waals surface area contributed by atoms with Crippen molar-refractivity contribution in [2.45, 2.75) is 11.3 Å². The summed E-state index contributed by atoms with van der Waals surface area (Å²) >= 11 is 3.07. The van der Waals surface area contributed by atoms with E-state index in [2.05, 4.69) is 10.3 Å². The number of thiazole rings is 1. The fourth-order valence-electron chi connectivity index (χ4n) is 3.04. The minimum absolute atomic E-state index is 0.0206. The molecular formula is C19H17N3O2S2. The van der Waals surface area contributed by atoms with Gasteiger partial charge in [-0.05, 0) is 36.6 Å². The highest BCUT2D eigenvalue weighted by molar-refractivity contribution is 7.98. The maximum atomic E-state index is 12.6. The number of nitrogens with one attached hydrogen (secondary N) is 1. The average Bonchev–Trinajstić information content (AvgIpc) is 3.24. The molecule has 0 unspecified atom stereocenters. The highest BCUT2D eigenvalue weighted by Gasteiger charge is 2.35. The number of fused-ring (bicyclic) bond motifs is 1. The molecule has 3 aromatic rings. The van der Waals surface area contributed by atoms with Gasteiger partial charge in [-0.3, -0.25) is 9.59 Å². The Labute approximate surface area is 159 Å². The molecule has 1 fully saturated rings. The summed E-state index contributed by atoms with van der Waals surface area (Å²) in [5, 5.41) is 3.45. The van der Waals surface area contributed by atoms with Gasteiger partial charge in [-0.2, -0.15) is 0 Å². The molecule has 0 bridgehead atoms. The van der Waals surface area contributed by atoms with Gasteiger partial charge in [0, 0.05) is 23.5 Å². The molecule has 1 aliphatic heterocycles. The highest BCUT2D eigenvalue weighted by Crippen LogP contribution is 2.30. The monoisotopic (exact) mass is 383 g/mol. The number of aromatic nitrogens is 1. The van der Waals surface area contributed by atoms with Crippen LogP contribution in [0.4, 0.5) is 10.8 Å². The zero-order chi connectivity index (χ0) is 18.1. The lowest BCUT2D eigenvalue weighted by Gasteiger charge is -2.17. The number of carbonyl (C=O) groups excluding carboxylic acids is 2. The molecule has 0 spiro atoms. The largest absolute Gasteiger partial charge is 0.312 e. The van der Waals surface area contributed by atoms with Crippen molar-refractivity contribution in [2.75, 3.05) is 23.0 Å². The molecule has 5 nitrogen and oxygen atoms in total. The van der Waals surface area contributed by atoms with E-state index in [1.807, 2.05) is 54.8 Å². The first-order chi connectivity index (χ1) is 12.6. The maximum absolute atomic E-state index is 12.6. The summed E-state index contributed by atoms with van der Waals surface area (Å²) in [5.74, 6) is -0.541. The van der Waals surface area contributed by atoms with Gasteiger partial charge in [-0.25, -0.2) is 4.98 Å². The number of thioether (sulfide) groups is 1. The molecular weight excluding hydrogens is 366 g/mol. The van der Waals surface area contributed by atoms with Crippen LogP contribution in [0.3, 0.4) is 0 Å². The van der Waals surface area contributed by atoms with E-state index in [0.29, 0.717) is 11.7 Å². The van der Waals surface area contributed by atoms with E-state index in [9.17, 15) is 9.59 Å². The van der Waals surface area contributed by atoms with Crippen LogP contribution >= 0.6 is 23.1 Å². The molecule has 0 aliphatic carbocycles. The fraction of sp³-hybridized carbons (Fsp3) is 0.211. The van der Waals surface area contributed by atoms with Gasteiger partial charge in [-0.1, -0.05) is 29.5 Å². The third-order valence-corrected chi connectivity index (χ3v) is 6.06. The smallest absolute Gasteiger partial charge is 0.231 e. The summed E-state index contributed by atoms with van der Waals surface area (Å²) in [6.07, 6.45) is 2.22. The molecule has 26 heavy (non-hydrogen) atoms. The SMILES string of the molecule is CSc1cccc(N2C[C@@H](C(=O)Nc3nc4ccccc4s3)CC2=O)c1. The Hall–Kier alpha value is -2.38. The van der Waals surface area contributed by atoms with Crippen molar-refractivity contribution in [3.05, 3.63) is 48.5 Å². The van der Waals surface area contributed by atoms with Crippen LogP contribution in [0.5, 0.6) is 0 Å². The first-order valence-electron chi connectivity index (χ1n) is 8.25. The quantitative estimate of drug-likeness (QED) is 0.692. The lowest BCUT2D eigenvalue weighted by Crippen LogP contribution is -2.28. The van der Waals surface area contributed by atoms with Crippen LogP contribution in [-0.4, -0.2) is 29.6 Å². The first kappa shape index (κ1) is 17.1. The minimum atomic E-state index is -0.368. The second kappa shape index (κ2) is 7.09. The summed E-state index contributed by atoms with van der Waals surface area (Å²) in [4.78, 5) is 32.2. The average molecular weight is 383 g/mol. The van der Waals surface area contributed by atoms with Crippen molar-refractivity contribution in [2.24, 2.45) is 5.92 Å². The van der Waals surface area contributed by atoms with Crippen LogP contribution < -0.4 is 10.2 Å². The summed E-state index contributed by atoms with van der Waals surface area (Å²) in [6, 6.07) is 15.6. The van der Waals surface area contributed by atoms with Gasteiger partial charge >= 0.3 is 0 Å². The Morgan fingerprint density at radius 3 is 2.92 bits per heavy atom. The third kappa shape index (κ3) is 3.32. The van der Waals surface area contributed by atoms with E-state index < -0.39 is 0 Å². The van der Waals surface area contributed by atoms with Crippen LogP contribution in [0.1, 0.15) is 6.42 Å². The number of rotatable bonds is 4. The number of hydrogen-bond donors (Lipinski definition) is 1. The Morgan fingerprint density at radius 1 is 1.27 bits per heavy atom. The van der Waals surface area contributed by atoms with Crippen molar-refractivity contribution in [1.82, 2.24) is 4.98 Å². The van der Waals surface area contributed by atoms with Gasteiger partial charge in [-0.15, -0.1) is 11.8 Å². The van der Waals surface area contributed by atoms with Crippen molar-refractivity contribution in [3.63, 3.8) is 0 Å². The molecule has 0 saturated carbocycles. The van der Waals surface area contributed by atoms with Crippen LogP contribution in [0, 0.1) is 5.92 Å². The minimum Gasteiger partial charge on any atom is -0.312 e. The predicted octanol–water partition coefficient (Wildman–Crippen LogP) is 4.01. The lowest BCUT2D eigenvalue weighted by molar-refractivity contribution is -0.122. The fourth-order valence-corrected chi connectivity index (χ4v) is 4.37. The van der Waals surface area contributed by atoms with Gasteiger partial charge in [0.1, 0.15) is 0 Å². The van der Waals surface area contributed by atoms with E-state index >= 15 is 0 Å². The van der Waals surface area contributed by atoms with Gasteiger partial charge in [0.25, 0.3) is 0 Å². The van der Waals surface area contributed by atoms with Gasteiger partial charge in [0.2, 0.25) is 11.8 Å². The summed E-state index contributed by atoms with van der Waals surface area (Å²) < 4.78 is 1.03. The molecule has 7 heteroatoms. The summed E-state index contributed by atoms with van der Waals surface area (Å²) in [6.45, 7) is 0.396. The molecule has 2 aromatic carbocycles. The third-order valence-electron chi connectivity index (χ3n) is 4.38. The van der Waals surface area contributed by atoms with Crippen LogP contribution in [0.2, 0.25) is 0 Å². The Kier molecular flexibility index (Phi) is 4.65. The number of amides is 2. The van der Waals surface area contributed by atoms with Crippen molar-refractivity contribution >= 4 is 55.9 Å². The first-order valence-corrected chi connectivity index (χ1v) is 10.3. The van der Waals surface area contributed by atoms with Crippen molar-refractivity contribution in [1.29, 1.82) is 0 Å².